The maximum Gasteiger partial charge on any atom is 0.235 e. The fraction of sp³-hybridized carbons (Fsp3) is 0.208. The molecule has 3 aromatic rings. The molecule has 1 saturated heterocycles. The van der Waals surface area contributed by atoms with E-state index in [1.807, 2.05) is 78.9 Å². The lowest BCUT2D eigenvalue weighted by atomic mass is 9.73. The Kier molecular flexibility index (Phi) is 5.84. The van der Waals surface area contributed by atoms with E-state index in [2.05, 4.69) is 10.6 Å². The summed E-state index contributed by atoms with van der Waals surface area (Å²) in [7, 11) is 0. The van der Waals surface area contributed by atoms with Crippen molar-refractivity contribution in [2.24, 2.45) is 0 Å². The predicted octanol–water partition coefficient (Wildman–Crippen LogP) is 5.77. The Balaban J connectivity index is 1.51. The highest BCUT2D eigenvalue weighted by molar-refractivity contribution is 6.30. The third-order valence-corrected chi connectivity index (χ3v) is 5.64. The molecule has 1 amide bonds. The van der Waals surface area contributed by atoms with Crippen LogP contribution in [0.3, 0.4) is 0 Å². The van der Waals surface area contributed by atoms with Gasteiger partial charge >= 0.3 is 0 Å². The van der Waals surface area contributed by atoms with Crippen LogP contribution in [-0.2, 0) is 14.9 Å². The van der Waals surface area contributed by atoms with E-state index in [0.29, 0.717) is 31.1 Å². The minimum Gasteiger partial charge on any atom is -0.381 e. The largest absolute Gasteiger partial charge is 0.381 e. The average Bonchev–Trinajstić information content (AvgIpc) is 2.77. The van der Waals surface area contributed by atoms with Crippen LogP contribution in [0.15, 0.2) is 78.9 Å². The van der Waals surface area contributed by atoms with Gasteiger partial charge in [0.2, 0.25) is 5.91 Å². The summed E-state index contributed by atoms with van der Waals surface area (Å²) in [6.45, 7) is 1.13. The molecule has 1 heterocycles. The molecule has 3 aromatic carbocycles. The molecule has 0 atom stereocenters. The summed E-state index contributed by atoms with van der Waals surface area (Å²) in [5.41, 5.74) is 3.13. The van der Waals surface area contributed by atoms with Crippen molar-refractivity contribution in [2.45, 2.75) is 18.3 Å². The van der Waals surface area contributed by atoms with Crippen molar-refractivity contribution in [3.63, 3.8) is 0 Å². The number of anilines is 3. The van der Waals surface area contributed by atoms with E-state index in [1.165, 1.54) is 0 Å². The van der Waals surface area contributed by atoms with Crippen molar-refractivity contribution >= 4 is 34.6 Å². The van der Waals surface area contributed by atoms with Gasteiger partial charge < -0.3 is 15.4 Å². The van der Waals surface area contributed by atoms with E-state index < -0.39 is 5.41 Å². The molecule has 1 aliphatic heterocycles. The molecule has 1 aliphatic rings. The van der Waals surface area contributed by atoms with Gasteiger partial charge in [0.05, 0.1) is 5.41 Å². The molecule has 4 rings (SSSR count). The Bertz CT molecular complexity index is 950. The first-order valence-corrected chi connectivity index (χ1v) is 10.1. The number of hydrogen-bond donors (Lipinski definition) is 2. The predicted molar refractivity (Wildman–Crippen MR) is 118 cm³/mol. The molecular formula is C24H23ClN2O2. The van der Waals surface area contributed by atoms with E-state index in [1.54, 1.807) is 0 Å². The molecule has 5 heteroatoms. The zero-order valence-electron chi connectivity index (χ0n) is 16.0. The number of carbonyl (C=O) groups excluding carboxylic acids is 1. The monoisotopic (exact) mass is 406 g/mol. The molecule has 1 fully saturated rings. The van der Waals surface area contributed by atoms with Crippen LogP contribution in [0.25, 0.3) is 0 Å². The summed E-state index contributed by atoms with van der Waals surface area (Å²) >= 11 is 6.05. The maximum atomic E-state index is 13.3. The molecule has 4 nitrogen and oxygen atoms in total. The van der Waals surface area contributed by atoms with Crippen LogP contribution in [0, 0.1) is 0 Å². The van der Waals surface area contributed by atoms with E-state index in [9.17, 15) is 4.79 Å². The van der Waals surface area contributed by atoms with E-state index in [4.69, 9.17) is 16.3 Å². The smallest absolute Gasteiger partial charge is 0.235 e. The third kappa shape index (κ3) is 4.44. The summed E-state index contributed by atoms with van der Waals surface area (Å²) in [4.78, 5) is 13.3. The van der Waals surface area contributed by atoms with Crippen molar-refractivity contribution < 1.29 is 9.53 Å². The van der Waals surface area contributed by atoms with Crippen LogP contribution in [0.2, 0.25) is 5.02 Å². The van der Waals surface area contributed by atoms with Gasteiger partial charge in [0.1, 0.15) is 0 Å². The first-order chi connectivity index (χ1) is 14.2. The van der Waals surface area contributed by atoms with Gasteiger partial charge in [-0.05, 0) is 66.9 Å². The van der Waals surface area contributed by atoms with E-state index in [0.717, 1.165) is 22.6 Å². The second kappa shape index (κ2) is 8.68. The number of rotatable bonds is 5. The summed E-state index contributed by atoms with van der Waals surface area (Å²) in [5.74, 6) is -0.00751. The lowest BCUT2D eigenvalue weighted by Crippen LogP contribution is -2.44. The van der Waals surface area contributed by atoms with E-state index in [-0.39, 0.29) is 5.91 Å². The number of halogens is 1. The number of hydrogen-bond acceptors (Lipinski definition) is 3. The Morgan fingerprint density at radius 1 is 0.793 bits per heavy atom. The van der Waals surface area contributed by atoms with E-state index >= 15 is 0 Å². The third-order valence-electron chi connectivity index (χ3n) is 5.38. The van der Waals surface area contributed by atoms with Gasteiger partial charge in [0.15, 0.2) is 0 Å². The van der Waals surface area contributed by atoms with Gasteiger partial charge in [-0.2, -0.15) is 0 Å². The lowest BCUT2D eigenvalue weighted by molar-refractivity contribution is -0.125. The Morgan fingerprint density at radius 2 is 1.38 bits per heavy atom. The molecule has 0 radical (unpaired) electrons. The topological polar surface area (TPSA) is 50.4 Å². The molecule has 0 saturated carbocycles. The molecule has 0 unspecified atom stereocenters. The van der Waals surface area contributed by atoms with Gasteiger partial charge in [0, 0.05) is 35.3 Å². The highest BCUT2D eigenvalue weighted by Gasteiger charge is 2.41. The van der Waals surface area contributed by atoms with Gasteiger partial charge in [-0.25, -0.2) is 0 Å². The van der Waals surface area contributed by atoms with Gasteiger partial charge in [-0.15, -0.1) is 0 Å². The summed E-state index contributed by atoms with van der Waals surface area (Å²) in [6, 6.07) is 25.3. The molecule has 0 bridgehead atoms. The first kappa shape index (κ1) is 19.5. The lowest BCUT2D eigenvalue weighted by Gasteiger charge is -2.36. The molecule has 0 spiro atoms. The second-order valence-corrected chi connectivity index (χ2v) is 7.66. The molecule has 0 aromatic heterocycles. The van der Waals surface area contributed by atoms with Crippen LogP contribution >= 0.6 is 11.6 Å². The van der Waals surface area contributed by atoms with Crippen molar-refractivity contribution in [2.75, 3.05) is 23.8 Å². The van der Waals surface area contributed by atoms with Crippen LogP contribution in [0.5, 0.6) is 0 Å². The van der Waals surface area contributed by atoms with Crippen LogP contribution in [-0.4, -0.2) is 19.1 Å². The van der Waals surface area contributed by atoms with Gasteiger partial charge in [0.25, 0.3) is 0 Å². The van der Waals surface area contributed by atoms with Crippen molar-refractivity contribution in [1.82, 2.24) is 0 Å². The maximum absolute atomic E-state index is 13.3. The first-order valence-electron chi connectivity index (χ1n) is 9.73. The second-order valence-electron chi connectivity index (χ2n) is 7.22. The average molecular weight is 407 g/mol. The SMILES string of the molecule is O=C(Nc1ccc(Nc2ccccc2)cc1)C1(c2ccc(Cl)cc2)CCOCC1. The highest BCUT2D eigenvalue weighted by Crippen LogP contribution is 2.37. The fourth-order valence-electron chi connectivity index (χ4n) is 3.71. The quantitative estimate of drug-likeness (QED) is 0.565. The number of nitrogens with one attached hydrogen (secondary N) is 2. The molecule has 29 heavy (non-hydrogen) atoms. The Hall–Kier alpha value is -2.82. The minimum atomic E-state index is -0.607. The van der Waals surface area contributed by atoms with Crippen molar-refractivity contribution in [1.29, 1.82) is 0 Å². The number of carbonyl (C=O) groups is 1. The van der Waals surface area contributed by atoms with Gasteiger partial charge in [-0.1, -0.05) is 41.9 Å². The number of ether oxygens (including phenoxy) is 1. The molecule has 148 valence electrons. The van der Waals surface area contributed by atoms with Crippen LogP contribution in [0.4, 0.5) is 17.1 Å². The minimum absolute atomic E-state index is 0.00751. The number of amides is 1. The number of benzene rings is 3. The summed E-state index contributed by atoms with van der Waals surface area (Å²) in [5, 5.41) is 7.11. The number of para-hydroxylation sites is 1. The summed E-state index contributed by atoms with van der Waals surface area (Å²) in [6.07, 6.45) is 1.29. The standard InChI is InChI=1S/C24H23ClN2O2/c25-19-8-6-18(7-9-19)24(14-16-29-17-15-24)23(28)27-22-12-10-21(11-13-22)26-20-4-2-1-3-5-20/h1-13,26H,14-17H2,(H,27,28). The normalized spacial score (nSPS) is 15.5. The van der Waals surface area contributed by atoms with Crippen LogP contribution < -0.4 is 10.6 Å². The zero-order chi connectivity index (χ0) is 20.1. The highest BCUT2D eigenvalue weighted by atomic mass is 35.5. The zero-order valence-corrected chi connectivity index (χ0v) is 16.8. The van der Waals surface area contributed by atoms with Crippen LogP contribution in [0.1, 0.15) is 18.4 Å². The summed E-state index contributed by atoms with van der Waals surface area (Å²) < 4.78 is 5.53. The Labute approximate surface area is 175 Å². The van der Waals surface area contributed by atoms with Gasteiger partial charge in [-0.3, -0.25) is 4.79 Å². The van der Waals surface area contributed by atoms with Crippen molar-refractivity contribution in [3.8, 4) is 0 Å². The molecular weight excluding hydrogens is 384 g/mol. The Morgan fingerprint density at radius 3 is 2.03 bits per heavy atom. The molecule has 2 N–H and O–H groups in total. The molecule has 0 aliphatic carbocycles. The fourth-order valence-corrected chi connectivity index (χ4v) is 3.84. The van der Waals surface area contributed by atoms with Crippen molar-refractivity contribution in [3.05, 3.63) is 89.4 Å².